The number of carbonyl (C=O) groups excluding carboxylic acids is 1. The molecular formula is C15H19Cl3N2O. The maximum Gasteiger partial charge on any atom is 0.227 e. The summed E-state index contributed by atoms with van der Waals surface area (Å²) in [6, 6.07) is 6.37. The maximum absolute atomic E-state index is 12.4. The quantitative estimate of drug-likeness (QED) is 0.888. The van der Waals surface area contributed by atoms with Crippen LogP contribution < -0.4 is 5.32 Å². The average molecular weight is 350 g/mol. The Hall–Kier alpha value is -0.480. The lowest BCUT2D eigenvalue weighted by molar-refractivity contribution is -0.130. The molecule has 3 nitrogen and oxygen atoms in total. The first-order valence-electron chi connectivity index (χ1n) is 7.09. The van der Waals surface area contributed by atoms with Gasteiger partial charge in [-0.05, 0) is 37.0 Å². The van der Waals surface area contributed by atoms with E-state index in [1.807, 2.05) is 11.0 Å². The van der Waals surface area contributed by atoms with Gasteiger partial charge in [0.05, 0.1) is 6.42 Å². The Morgan fingerprint density at radius 3 is 2.76 bits per heavy atom. The number of fused-ring (bicyclic) bond motifs is 2. The average Bonchev–Trinajstić information content (AvgIpc) is 2.72. The fourth-order valence-electron chi connectivity index (χ4n) is 3.11. The van der Waals surface area contributed by atoms with E-state index in [0.29, 0.717) is 28.5 Å². The van der Waals surface area contributed by atoms with Crippen molar-refractivity contribution in [1.29, 1.82) is 0 Å². The zero-order chi connectivity index (χ0) is 14.1. The number of likely N-dealkylation sites (tertiary alicyclic amines) is 1. The van der Waals surface area contributed by atoms with Gasteiger partial charge in [0.2, 0.25) is 5.91 Å². The number of amides is 1. The minimum atomic E-state index is 0. The van der Waals surface area contributed by atoms with Crippen LogP contribution in [0, 0.1) is 0 Å². The van der Waals surface area contributed by atoms with Gasteiger partial charge in [-0.1, -0.05) is 29.3 Å². The van der Waals surface area contributed by atoms with Gasteiger partial charge in [0.1, 0.15) is 0 Å². The Balaban J connectivity index is 0.00000161. The molecule has 2 atom stereocenters. The molecule has 1 amide bonds. The highest BCUT2D eigenvalue weighted by atomic mass is 35.5. The van der Waals surface area contributed by atoms with Crippen LogP contribution in [0.3, 0.4) is 0 Å². The van der Waals surface area contributed by atoms with Crippen LogP contribution in [0.15, 0.2) is 18.2 Å². The molecule has 0 radical (unpaired) electrons. The minimum Gasteiger partial charge on any atom is -0.341 e. The number of benzene rings is 1. The SMILES string of the molecule is Cl.O=C(Cc1ccc(Cl)cc1Cl)N1CCC2CCC(C1)N2. The van der Waals surface area contributed by atoms with Gasteiger partial charge in [-0.15, -0.1) is 12.4 Å². The molecule has 1 aromatic carbocycles. The zero-order valence-corrected chi connectivity index (χ0v) is 14.0. The zero-order valence-electron chi connectivity index (χ0n) is 11.6. The molecule has 0 saturated carbocycles. The van der Waals surface area contributed by atoms with Crippen molar-refractivity contribution in [2.75, 3.05) is 13.1 Å². The fourth-order valence-corrected chi connectivity index (χ4v) is 3.58. The second-order valence-corrected chi connectivity index (χ2v) is 6.52. The monoisotopic (exact) mass is 348 g/mol. The van der Waals surface area contributed by atoms with Crippen molar-refractivity contribution in [3.8, 4) is 0 Å². The molecule has 116 valence electrons. The van der Waals surface area contributed by atoms with Crippen molar-refractivity contribution in [2.45, 2.75) is 37.8 Å². The number of hydrogen-bond donors (Lipinski definition) is 1. The maximum atomic E-state index is 12.4. The Bertz CT molecular complexity index is 524. The van der Waals surface area contributed by atoms with E-state index in [1.165, 1.54) is 12.8 Å². The van der Waals surface area contributed by atoms with Gasteiger partial charge < -0.3 is 10.2 Å². The molecule has 1 N–H and O–H groups in total. The summed E-state index contributed by atoms with van der Waals surface area (Å²) in [5.74, 6) is 0.156. The van der Waals surface area contributed by atoms with Gasteiger partial charge in [-0.3, -0.25) is 4.79 Å². The Kier molecular flexibility index (Phi) is 5.78. The van der Waals surface area contributed by atoms with Crippen LogP contribution in [0.4, 0.5) is 0 Å². The van der Waals surface area contributed by atoms with E-state index < -0.39 is 0 Å². The van der Waals surface area contributed by atoms with E-state index in [0.717, 1.165) is 25.1 Å². The molecule has 2 aliphatic heterocycles. The normalized spacial score (nSPS) is 24.4. The first-order chi connectivity index (χ1) is 9.61. The molecule has 6 heteroatoms. The van der Waals surface area contributed by atoms with Crippen LogP contribution in [0.1, 0.15) is 24.8 Å². The standard InChI is InChI=1S/C15H18Cl2N2O.ClH/c16-11-2-1-10(14(17)8-11)7-15(20)19-6-5-12-3-4-13(9-19)18-12;/h1-2,8,12-13,18H,3-7,9H2;1H. The predicted molar refractivity (Wildman–Crippen MR) is 88.6 cm³/mol. The summed E-state index contributed by atoms with van der Waals surface area (Å²) in [6.45, 7) is 1.67. The third-order valence-corrected chi connectivity index (χ3v) is 4.82. The molecule has 2 unspecified atom stereocenters. The van der Waals surface area contributed by atoms with Crippen molar-refractivity contribution < 1.29 is 4.79 Å². The van der Waals surface area contributed by atoms with Gasteiger partial charge >= 0.3 is 0 Å². The molecule has 1 aromatic rings. The van der Waals surface area contributed by atoms with Crippen LogP contribution in [-0.2, 0) is 11.2 Å². The Morgan fingerprint density at radius 2 is 2.00 bits per heavy atom. The van der Waals surface area contributed by atoms with Gasteiger partial charge in [-0.25, -0.2) is 0 Å². The molecule has 2 fully saturated rings. The van der Waals surface area contributed by atoms with Crippen molar-refractivity contribution in [3.63, 3.8) is 0 Å². The summed E-state index contributed by atoms with van der Waals surface area (Å²) in [6.07, 6.45) is 3.83. The summed E-state index contributed by atoms with van der Waals surface area (Å²) in [7, 11) is 0. The van der Waals surface area contributed by atoms with Crippen molar-refractivity contribution >= 4 is 41.5 Å². The summed E-state index contributed by atoms with van der Waals surface area (Å²) >= 11 is 12.0. The van der Waals surface area contributed by atoms with Gasteiger partial charge in [0, 0.05) is 35.2 Å². The first kappa shape index (κ1) is 16.9. The second kappa shape index (κ2) is 7.19. The van der Waals surface area contributed by atoms with Crippen molar-refractivity contribution in [2.24, 2.45) is 0 Å². The summed E-state index contributed by atoms with van der Waals surface area (Å²) < 4.78 is 0. The van der Waals surface area contributed by atoms with Crippen LogP contribution in [0.25, 0.3) is 0 Å². The molecule has 3 rings (SSSR count). The molecule has 0 aliphatic carbocycles. The highest BCUT2D eigenvalue weighted by Crippen LogP contribution is 2.24. The molecule has 21 heavy (non-hydrogen) atoms. The number of nitrogens with zero attached hydrogens (tertiary/aromatic N) is 1. The number of hydrogen-bond acceptors (Lipinski definition) is 2. The van der Waals surface area contributed by atoms with E-state index in [1.54, 1.807) is 12.1 Å². The van der Waals surface area contributed by atoms with E-state index >= 15 is 0 Å². The molecule has 0 aromatic heterocycles. The summed E-state index contributed by atoms with van der Waals surface area (Å²) in [5.41, 5.74) is 0.850. The summed E-state index contributed by atoms with van der Waals surface area (Å²) in [5, 5.41) is 4.75. The highest BCUT2D eigenvalue weighted by molar-refractivity contribution is 6.35. The molecular weight excluding hydrogens is 331 g/mol. The highest BCUT2D eigenvalue weighted by Gasteiger charge is 2.31. The van der Waals surface area contributed by atoms with Crippen LogP contribution in [0.2, 0.25) is 10.0 Å². The Morgan fingerprint density at radius 1 is 1.24 bits per heavy atom. The molecule has 2 heterocycles. The lowest BCUT2D eigenvalue weighted by Gasteiger charge is -2.24. The third-order valence-electron chi connectivity index (χ3n) is 4.23. The summed E-state index contributed by atoms with van der Waals surface area (Å²) in [4.78, 5) is 14.4. The lowest BCUT2D eigenvalue weighted by Crippen LogP contribution is -2.39. The minimum absolute atomic E-state index is 0. The second-order valence-electron chi connectivity index (χ2n) is 5.68. The number of carbonyl (C=O) groups is 1. The van der Waals surface area contributed by atoms with Crippen molar-refractivity contribution in [1.82, 2.24) is 10.2 Å². The van der Waals surface area contributed by atoms with Crippen molar-refractivity contribution in [3.05, 3.63) is 33.8 Å². The largest absolute Gasteiger partial charge is 0.341 e. The molecule has 2 bridgehead atoms. The van der Waals surface area contributed by atoms with Gasteiger partial charge in [0.15, 0.2) is 0 Å². The first-order valence-corrected chi connectivity index (χ1v) is 7.85. The number of rotatable bonds is 2. The fraction of sp³-hybridized carbons (Fsp3) is 0.533. The van der Waals surface area contributed by atoms with E-state index in [-0.39, 0.29) is 18.3 Å². The van der Waals surface area contributed by atoms with Gasteiger partial charge in [0.25, 0.3) is 0 Å². The van der Waals surface area contributed by atoms with E-state index in [4.69, 9.17) is 23.2 Å². The number of nitrogens with one attached hydrogen (secondary N) is 1. The predicted octanol–water partition coefficient (Wildman–Crippen LogP) is 3.31. The topological polar surface area (TPSA) is 32.3 Å². The van der Waals surface area contributed by atoms with E-state index in [2.05, 4.69) is 5.32 Å². The third kappa shape index (κ3) is 4.04. The molecule has 0 spiro atoms. The van der Waals surface area contributed by atoms with E-state index in [9.17, 15) is 4.79 Å². The molecule has 2 aliphatic rings. The smallest absolute Gasteiger partial charge is 0.227 e. The number of halogens is 3. The van der Waals surface area contributed by atoms with Crippen LogP contribution in [0.5, 0.6) is 0 Å². The van der Waals surface area contributed by atoms with Gasteiger partial charge in [-0.2, -0.15) is 0 Å². The van der Waals surface area contributed by atoms with Crippen LogP contribution in [-0.4, -0.2) is 36.0 Å². The Labute approximate surface area is 141 Å². The molecule has 2 saturated heterocycles. The van der Waals surface area contributed by atoms with Crippen LogP contribution >= 0.6 is 35.6 Å². The lowest BCUT2D eigenvalue weighted by atomic mass is 10.1.